The van der Waals surface area contributed by atoms with Crippen molar-refractivity contribution in [3.63, 3.8) is 0 Å². The number of hydrogen-bond donors (Lipinski definition) is 2. The molecule has 1 aromatic carbocycles. The first-order valence-corrected chi connectivity index (χ1v) is 8.37. The maximum Gasteiger partial charge on any atom is 0.407 e. The van der Waals surface area contributed by atoms with Gasteiger partial charge in [-0.3, -0.25) is 4.79 Å². The van der Waals surface area contributed by atoms with E-state index >= 15 is 0 Å². The molecule has 0 radical (unpaired) electrons. The number of amides is 2. The normalized spacial score (nSPS) is 11.3. The second-order valence-electron chi connectivity index (χ2n) is 6.37. The lowest BCUT2D eigenvalue weighted by Crippen LogP contribution is -2.45. The number of rotatable bonds is 5. The highest BCUT2D eigenvalue weighted by Gasteiger charge is 2.26. The minimum Gasteiger partial charge on any atom is -0.465 e. The van der Waals surface area contributed by atoms with Crippen LogP contribution in [0.15, 0.2) is 30.3 Å². The molecule has 2 rings (SSSR count). The fourth-order valence-electron chi connectivity index (χ4n) is 2.35. The summed E-state index contributed by atoms with van der Waals surface area (Å²) in [5.41, 5.74) is 6.05. The Bertz CT molecular complexity index is 735. The summed E-state index contributed by atoms with van der Waals surface area (Å²) in [6, 6.07) is 9.44. The molecule has 0 saturated carbocycles. The maximum atomic E-state index is 11.7. The van der Waals surface area contributed by atoms with Crippen molar-refractivity contribution in [1.82, 2.24) is 9.88 Å². The predicted octanol–water partition coefficient (Wildman–Crippen LogP) is 3.23. The molecule has 6 nitrogen and oxygen atoms in total. The van der Waals surface area contributed by atoms with E-state index in [0.29, 0.717) is 18.0 Å². The van der Waals surface area contributed by atoms with Crippen LogP contribution in [0.4, 0.5) is 4.79 Å². The second kappa shape index (κ2) is 7.00. The van der Waals surface area contributed by atoms with Gasteiger partial charge in [0, 0.05) is 18.5 Å². The first-order chi connectivity index (χ1) is 11.2. The third kappa shape index (κ3) is 4.11. The summed E-state index contributed by atoms with van der Waals surface area (Å²) in [6.07, 6.45) is -0.543. The topological polar surface area (TPSA) is 96.5 Å². The molecule has 7 heteroatoms. The number of nitrogens with two attached hydrogens (primary N) is 1. The van der Waals surface area contributed by atoms with Gasteiger partial charge in [-0.25, -0.2) is 9.78 Å². The summed E-state index contributed by atoms with van der Waals surface area (Å²) >= 11 is 1.37. The fourth-order valence-corrected chi connectivity index (χ4v) is 3.41. The van der Waals surface area contributed by atoms with Crippen LogP contribution in [0, 0.1) is 0 Å². The highest BCUT2D eigenvalue weighted by atomic mass is 32.1. The van der Waals surface area contributed by atoms with E-state index in [1.165, 1.54) is 16.2 Å². The smallest absolute Gasteiger partial charge is 0.407 e. The van der Waals surface area contributed by atoms with Crippen molar-refractivity contribution in [1.29, 1.82) is 0 Å². The summed E-state index contributed by atoms with van der Waals surface area (Å²) in [6.45, 7) is 5.83. The van der Waals surface area contributed by atoms with Crippen LogP contribution in [0.25, 0.3) is 10.4 Å². The van der Waals surface area contributed by atoms with Crippen LogP contribution in [-0.4, -0.2) is 39.1 Å². The van der Waals surface area contributed by atoms with Crippen LogP contribution in [0.3, 0.4) is 0 Å². The Kier molecular flexibility index (Phi) is 5.23. The molecule has 0 fully saturated rings. The monoisotopic (exact) mass is 347 g/mol. The van der Waals surface area contributed by atoms with E-state index in [9.17, 15) is 14.7 Å². The number of nitrogens with zero attached hydrogens (tertiary/aromatic N) is 2. The van der Waals surface area contributed by atoms with Gasteiger partial charge in [0.15, 0.2) is 0 Å². The molecule has 0 spiro atoms. The zero-order valence-electron chi connectivity index (χ0n) is 13.9. The average Bonchev–Trinajstić information content (AvgIpc) is 2.91. The van der Waals surface area contributed by atoms with Gasteiger partial charge in [-0.2, -0.15) is 0 Å². The van der Waals surface area contributed by atoms with Crippen LogP contribution in [0.1, 0.15) is 36.3 Å². The number of hydrogen-bond acceptors (Lipinski definition) is 4. The largest absolute Gasteiger partial charge is 0.465 e. The predicted molar refractivity (Wildman–Crippen MR) is 94.3 cm³/mol. The molecule has 3 N–H and O–H groups in total. The van der Waals surface area contributed by atoms with Gasteiger partial charge in [0.1, 0.15) is 5.69 Å². The Labute approximate surface area is 144 Å². The molecule has 2 amide bonds. The minimum atomic E-state index is -0.975. The zero-order chi connectivity index (χ0) is 17.9. The number of primary amides is 1. The van der Waals surface area contributed by atoms with Gasteiger partial charge in [-0.15, -0.1) is 11.3 Å². The summed E-state index contributed by atoms with van der Waals surface area (Å²) < 4.78 is 0. The van der Waals surface area contributed by atoms with Gasteiger partial charge in [0.05, 0.1) is 9.88 Å². The lowest BCUT2D eigenvalue weighted by atomic mass is 10.1. The van der Waals surface area contributed by atoms with Crippen molar-refractivity contribution in [3.05, 3.63) is 41.0 Å². The van der Waals surface area contributed by atoms with Gasteiger partial charge in [0.25, 0.3) is 5.91 Å². The van der Waals surface area contributed by atoms with Crippen molar-refractivity contribution in [3.8, 4) is 10.4 Å². The molecule has 24 heavy (non-hydrogen) atoms. The van der Waals surface area contributed by atoms with E-state index < -0.39 is 17.5 Å². The Hall–Kier alpha value is -2.41. The molecule has 0 saturated heterocycles. The van der Waals surface area contributed by atoms with Crippen LogP contribution in [0.2, 0.25) is 0 Å². The van der Waals surface area contributed by atoms with E-state index in [4.69, 9.17) is 5.73 Å². The molecule has 0 unspecified atom stereocenters. The molecule has 1 heterocycles. The number of carboxylic acid groups (broad SMARTS) is 1. The lowest BCUT2D eigenvalue weighted by Gasteiger charge is -2.32. The minimum absolute atomic E-state index is 0.235. The quantitative estimate of drug-likeness (QED) is 0.868. The van der Waals surface area contributed by atoms with E-state index in [1.807, 2.05) is 51.1 Å². The third-order valence-corrected chi connectivity index (χ3v) is 4.69. The first-order valence-electron chi connectivity index (χ1n) is 7.55. The molecule has 0 aliphatic heterocycles. The van der Waals surface area contributed by atoms with Gasteiger partial charge in [0.2, 0.25) is 0 Å². The Balaban J connectivity index is 2.26. The highest BCUT2D eigenvalue weighted by Crippen LogP contribution is 2.30. The number of thiazole rings is 1. The highest BCUT2D eigenvalue weighted by molar-refractivity contribution is 7.15. The standard InChI is InChI=1S/C17H21N3O3S/c1-17(2,3)20(16(22)23)10-9-12-19-13(15(18)21)14(24-12)11-7-5-4-6-8-11/h4-8H,9-10H2,1-3H3,(H2,18,21)(H,22,23). The van der Waals surface area contributed by atoms with Crippen molar-refractivity contribution in [2.24, 2.45) is 5.73 Å². The van der Waals surface area contributed by atoms with Crippen molar-refractivity contribution < 1.29 is 14.7 Å². The summed E-state index contributed by atoms with van der Waals surface area (Å²) in [5, 5.41) is 10.0. The maximum absolute atomic E-state index is 11.7. The Morgan fingerprint density at radius 1 is 1.25 bits per heavy atom. The van der Waals surface area contributed by atoms with Gasteiger partial charge >= 0.3 is 6.09 Å². The summed E-state index contributed by atoms with van der Waals surface area (Å²) in [4.78, 5) is 29.5. The number of benzene rings is 1. The van der Waals surface area contributed by atoms with Gasteiger partial charge in [-0.1, -0.05) is 30.3 Å². The van der Waals surface area contributed by atoms with Crippen LogP contribution in [-0.2, 0) is 6.42 Å². The van der Waals surface area contributed by atoms with E-state index in [2.05, 4.69) is 4.98 Å². The third-order valence-electron chi connectivity index (χ3n) is 3.53. The van der Waals surface area contributed by atoms with Crippen LogP contribution in [0.5, 0.6) is 0 Å². The van der Waals surface area contributed by atoms with Gasteiger partial charge in [-0.05, 0) is 26.3 Å². The van der Waals surface area contributed by atoms with Crippen molar-refractivity contribution in [2.45, 2.75) is 32.7 Å². The molecular weight excluding hydrogens is 326 g/mol. The number of carbonyl (C=O) groups excluding carboxylic acids is 1. The second-order valence-corrected chi connectivity index (χ2v) is 7.45. The van der Waals surface area contributed by atoms with Crippen molar-refractivity contribution in [2.75, 3.05) is 6.54 Å². The molecular formula is C17H21N3O3S. The summed E-state index contributed by atoms with van der Waals surface area (Å²) in [7, 11) is 0. The molecule has 1 aromatic heterocycles. The lowest BCUT2D eigenvalue weighted by molar-refractivity contribution is 0.0986. The molecule has 0 aliphatic carbocycles. The fraction of sp³-hybridized carbons (Fsp3) is 0.353. The molecule has 0 aliphatic rings. The molecule has 0 atom stereocenters. The SMILES string of the molecule is CC(C)(C)N(CCc1nc(C(N)=O)c(-c2ccccc2)s1)C(=O)O. The summed E-state index contributed by atoms with van der Waals surface area (Å²) in [5.74, 6) is -0.581. The average molecular weight is 347 g/mol. The van der Waals surface area contributed by atoms with Crippen LogP contribution >= 0.6 is 11.3 Å². The molecule has 0 bridgehead atoms. The van der Waals surface area contributed by atoms with E-state index in [-0.39, 0.29) is 5.69 Å². The van der Waals surface area contributed by atoms with Crippen LogP contribution < -0.4 is 5.73 Å². The first kappa shape index (κ1) is 17.9. The van der Waals surface area contributed by atoms with E-state index in [1.54, 1.807) is 0 Å². The van der Waals surface area contributed by atoms with E-state index in [0.717, 1.165) is 10.4 Å². The molecule has 128 valence electrons. The number of aromatic nitrogens is 1. The Morgan fingerprint density at radius 3 is 2.38 bits per heavy atom. The zero-order valence-corrected chi connectivity index (χ0v) is 14.8. The number of carbonyl (C=O) groups is 2. The Morgan fingerprint density at radius 2 is 1.88 bits per heavy atom. The van der Waals surface area contributed by atoms with Gasteiger partial charge < -0.3 is 15.7 Å². The van der Waals surface area contributed by atoms with Crippen molar-refractivity contribution >= 4 is 23.3 Å². The molecule has 2 aromatic rings.